The van der Waals surface area contributed by atoms with Crippen LogP contribution in [-0.4, -0.2) is 30.0 Å². The van der Waals surface area contributed by atoms with E-state index in [1.165, 1.54) is 6.42 Å². The van der Waals surface area contributed by atoms with Gasteiger partial charge in [-0.2, -0.15) is 0 Å². The number of hydrogen-bond acceptors (Lipinski definition) is 3. The highest BCUT2D eigenvalue weighted by molar-refractivity contribution is 6.32. The monoisotopic (exact) mass is 239 g/mol. The lowest BCUT2D eigenvalue weighted by Crippen LogP contribution is -2.37. The summed E-state index contributed by atoms with van der Waals surface area (Å²) in [4.78, 5) is 15.6. The summed E-state index contributed by atoms with van der Waals surface area (Å²) < 4.78 is 0. The highest BCUT2D eigenvalue weighted by Crippen LogP contribution is 2.11. The Balaban J connectivity index is 1.90. The number of aromatic nitrogens is 1. The maximum atomic E-state index is 11.8. The van der Waals surface area contributed by atoms with Gasteiger partial charge in [-0.05, 0) is 31.5 Å². The second-order valence-electron chi connectivity index (χ2n) is 3.85. The van der Waals surface area contributed by atoms with E-state index < -0.39 is 0 Å². The number of pyridine rings is 1. The van der Waals surface area contributed by atoms with Crippen molar-refractivity contribution in [1.82, 2.24) is 15.6 Å². The molecule has 1 atom stereocenters. The van der Waals surface area contributed by atoms with Crippen LogP contribution in [0.3, 0.4) is 0 Å². The first-order valence-corrected chi connectivity index (χ1v) is 5.77. The van der Waals surface area contributed by atoms with E-state index in [4.69, 9.17) is 11.6 Å². The van der Waals surface area contributed by atoms with Gasteiger partial charge < -0.3 is 10.6 Å². The van der Waals surface area contributed by atoms with Crippen LogP contribution in [0.1, 0.15) is 23.2 Å². The number of rotatable bonds is 3. The molecule has 0 saturated carbocycles. The van der Waals surface area contributed by atoms with Crippen molar-refractivity contribution in [2.24, 2.45) is 0 Å². The van der Waals surface area contributed by atoms with Gasteiger partial charge in [-0.3, -0.25) is 4.79 Å². The van der Waals surface area contributed by atoms with Crippen molar-refractivity contribution < 1.29 is 4.79 Å². The first-order chi connectivity index (χ1) is 7.77. The number of nitrogens with one attached hydrogen (secondary N) is 2. The molecule has 16 heavy (non-hydrogen) atoms. The minimum Gasteiger partial charge on any atom is -0.350 e. The molecule has 2 heterocycles. The molecular formula is C11H14ClN3O. The molecule has 1 saturated heterocycles. The predicted octanol–water partition coefficient (Wildman–Crippen LogP) is 1.22. The third-order valence-corrected chi connectivity index (χ3v) is 2.98. The quantitative estimate of drug-likeness (QED) is 0.780. The average molecular weight is 240 g/mol. The van der Waals surface area contributed by atoms with Crippen LogP contribution in [0, 0.1) is 0 Å². The molecule has 0 radical (unpaired) electrons. The number of amides is 1. The molecule has 0 bridgehead atoms. The van der Waals surface area contributed by atoms with Crippen LogP contribution in [0.25, 0.3) is 0 Å². The minimum absolute atomic E-state index is 0.160. The molecule has 4 nitrogen and oxygen atoms in total. The van der Waals surface area contributed by atoms with Gasteiger partial charge in [0.15, 0.2) is 0 Å². The lowest BCUT2D eigenvalue weighted by Gasteiger charge is -2.11. The van der Waals surface area contributed by atoms with Crippen molar-refractivity contribution in [3.05, 3.63) is 29.0 Å². The maximum Gasteiger partial charge on any atom is 0.254 e. The normalized spacial score (nSPS) is 19.7. The van der Waals surface area contributed by atoms with E-state index in [9.17, 15) is 4.79 Å². The first kappa shape index (κ1) is 11.4. The molecule has 86 valence electrons. The zero-order valence-corrected chi connectivity index (χ0v) is 9.63. The molecule has 1 aliphatic heterocycles. The maximum absolute atomic E-state index is 11.8. The van der Waals surface area contributed by atoms with Gasteiger partial charge in [-0.15, -0.1) is 0 Å². The summed E-state index contributed by atoms with van der Waals surface area (Å²) in [7, 11) is 0. The van der Waals surface area contributed by atoms with Crippen LogP contribution >= 0.6 is 11.6 Å². The molecule has 0 spiro atoms. The Kier molecular flexibility index (Phi) is 3.74. The summed E-state index contributed by atoms with van der Waals surface area (Å²) in [5, 5.41) is 6.42. The van der Waals surface area contributed by atoms with Crippen LogP contribution in [0.15, 0.2) is 18.3 Å². The van der Waals surface area contributed by atoms with Crippen molar-refractivity contribution in [3.8, 4) is 0 Å². The minimum atomic E-state index is -0.160. The summed E-state index contributed by atoms with van der Waals surface area (Å²) in [6, 6.07) is 3.76. The van der Waals surface area contributed by atoms with Crippen LogP contribution in [0.4, 0.5) is 0 Å². The predicted molar refractivity (Wildman–Crippen MR) is 62.6 cm³/mol. The summed E-state index contributed by atoms with van der Waals surface area (Å²) in [6.07, 6.45) is 3.85. The van der Waals surface area contributed by atoms with E-state index in [2.05, 4.69) is 15.6 Å². The topological polar surface area (TPSA) is 54.0 Å². The van der Waals surface area contributed by atoms with Gasteiger partial charge in [0.05, 0.1) is 5.56 Å². The molecule has 1 amide bonds. The second-order valence-corrected chi connectivity index (χ2v) is 4.20. The highest BCUT2D eigenvalue weighted by Gasteiger charge is 2.16. The van der Waals surface area contributed by atoms with Crippen molar-refractivity contribution in [2.75, 3.05) is 13.1 Å². The van der Waals surface area contributed by atoms with Gasteiger partial charge in [-0.25, -0.2) is 4.98 Å². The Hall–Kier alpha value is -1.13. The number of carbonyl (C=O) groups excluding carboxylic acids is 1. The third kappa shape index (κ3) is 2.71. The third-order valence-electron chi connectivity index (χ3n) is 2.68. The summed E-state index contributed by atoms with van der Waals surface area (Å²) in [5.41, 5.74) is 0.433. The molecule has 1 unspecified atom stereocenters. The van der Waals surface area contributed by atoms with Crippen LogP contribution < -0.4 is 10.6 Å². The zero-order valence-electron chi connectivity index (χ0n) is 8.87. The second kappa shape index (κ2) is 5.27. The molecule has 0 aliphatic carbocycles. The molecule has 1 fully saturated rings. The Labute approximate surface area is 99.4 Å². The Morgan fingerprint density at radius 1 is 1.69 bits per heavy atom. The average Bonchev–Trinajstić information content (AvgIpc) is 2.79. The molecule has 5 heteroatoms. The molecule has 1 aromatic heterocycles. The Morgan fingerprint density at radius 3 is 3.25 bits per heavy atom. The molecule has 0 aromatic carbocycles. The van der Waals surface area contributed by atoms with E-state index in [0.29, 0.717) is 18.2 Å². The van der Waals surface area contributed by atoms with Crippen molar-refractivity contribution >= 4 is 17.5 Å². The molecule has 2 N–H and O–H groups in total. The lowest BCUT2D eigenvalue weighted by molar-refractivity contribution is 0.0950. The molecule has 1 aliphatic rings. The van der Waals surface area contributed by atoms with Crippen molar-refractivity contribution in [3.63, 3.8) is 0 Å². The number of carbonyl (C=O) groups is 1. The van der Waals surface area contributed by atoms with Crippen molar-refractivity contribution in [1.29, 1.82) is 0 Å². The first-order valence-electron chi connectivity index (χ1n) is 5.39. The molecule has 1 aromatic rings. The SMILES string of the molecule is O=C(NCC1CCCN1)c1cccnc1Cl. The lowest BCUT2D eigenvalue weighted by atomic mass is 10.2. The molecule has 2 rings (SSSR count). The van der Waals surface area contributed by atoms with Crippen LogP contribution in [-0.2, 0) is 0 Å². The van der Waals surface area contributed by atoms with Gasteiger partial charge in [0.2, 0.25) is 0 Å². The standard InChI is InChI=1S/C11H14ClN3O/c12-10-9(4-2-6-14-10)11(16)15-7-8-3-1-5-13-8/h2,4,6,8,13H,1,3,5,7H2,(H,15,16). The Bertz CT molecular complexity index is 377. The van der Waals surface area contributed by atoms with Gasteiger partial charge in [0, 0.05) is 18.8 Å². The van der Waals surface area contributed by atoms with Gasteiger partial charge in [-0.1, -0.05) is 11.6 Å². The number of hydrogen-bond donors (Lipinski definition) is 2. The van der Waals surface area contributed by atoms with E-state index in [-0.39, 0.29) is 11.1 Å². The van der Waals surface area contributed by atoms with Crippen molar-refractivity contribution in [2.45, 2.75) is 18.9 Å². The van der Waals surface area contributed by atoms with E-state index >= 15 is 0 Å². The van der Waals surface area contributed by atoms with Gasteiger partial charge in [0.1, 0.15) is 5.15 Å². The van der Waals surface area contributed by atoms with E-state index in [0.717, 1.165) is 13.0 Å². The fraction of sp³-hybridized carbons (Fsp3) is 0.455. The van der Waals surface area contributed by atoms with Crippen LogP contribution in [0.2, 0.25) is 5.15 Å². The number of halogens is 1. The largest absolute Gasteiger partial charge is 0.350 e. The Morgan fingerprint density at radius 2 is 2.56 bits per heavy atom. The van der Waals surface area contributed by atoms with Gasteiger partial charge >= 0.3 is 0 Å². The van der Waals surface area contributed by atoms with E-state index in [1.54, 1.807) is 18.3 Å². The zero-order chi connectivity index (χ0) is 11.4. The summed E-state index contributed by atoms with van der Waals surface area (Å²) in [5.74, 6) is -0.160. The summed E-state index contributed by atoms with van der Waals surface area (Å²) >= 11 is 5.83. The fourth-order valence-corrected chi connectivity index (χ4v) is 2.00. The van der Waals surface area contributed by atoms with Crippen LogP contribution in [0.5, 0.6) is 0 Å². The fourth-order valence-electron chi connectivity index (χ4n) is 1.80. The van der Waals surface area contributed by atoms with Gasteiger partial charge in [0.25, 0.3) is 5.91 Å². The number of nitrogens with zero attached hydrogens (tertiary/aromatic N) is 1. The highest BCUT2D eigenvalue weighted by atomic mass is 35.5. The smallest absolute Gasteiger partial charge is 0.254 e. The van der Waals surface area contributed by atoms with E-state index in [1.807, 2.05) is 0 Å². The molecular weight excluding hydrogens is 226 g/mol. The summed E-state index contributed by atoms with van der Waals surface area (Å²) in [6.45, 7) is 1.68.